The number of nitrogens with zero attached hydrogens (tertiary/aromatic N) is 3. The quantitative estimate of drug-likeness (QED) is 0.343. The summed E-state index contributed by atoms with van der Waals surface area (Å²) in [7, 11) is 0. The number of aromatic nitrogens is 4. The maximum Gasteiger partial charge on any atom is 0.252 e. The van der Waals surface area contributed by atoms with Gasteiger partial charge >= 0.3 is 0 Å². The maximum atomic E-state index is 13.1. The summed E-state index contributed by atoms with van der Waals surface area (Å²) >= 11 is 3.34. The van der Waals surface area contributed by atoms with E-state index in [-0.39, 0.29) is 11.9 Å². The van der Waals surface area contributed by atoms with E-state index in [1.54, 1.807) is 30.7 Å². The molecule has 1 atom stereocenters. The Morgan fingerprint density at radius 3 is 2.69 bits per heavy atom. The monoisotopic (exact) mass is 481 g/mol. The number of carbonyl (C=O) groups is 1. The summed E-state index contributed by atoms with van der Waals surface area (Å²) in [6.07, 6.45) is 5.13. The van der Waals surface area contributed by atoms with Gasteiger partial charge in [-0.3, -0.25) is 9.78 Å². The number of nitrogens with one attached hydrogen (secondary N) is 2. The highest BCUT2D eigenvalue weighted by molar-refractivity contribution is 9.10. The van der Waals surface area contributed by atoms with Gasteiger partial charge in [0.1, 0.15) is 10.4 Å². The Labute approximate surface area is 191 Å². The van der Waals surface area contributed by atoms with Crippen LogP contribution in [0.15, 0.2) is 83.9 Å². The fourth-order valence-electron chi connectivity index (χ4n) is 4.35. The molecule has 1 unspecified atom stereocenters. The molecule has 3 heterocycles. The van der Waals surface area contributed by atoms with Gasteiger partial charge in [-0.15, -0.1) is 0 Å². The highest BCUT2D eigenvalue weighted by atomic mass is 79.9. The molecule has 0 bridgehead atoms. The first kappa shape index (κ1) is 18.9. The van der Waals surface area contributed by atoms with Crippen molar-refractivity contribution in [3.8, 4) is 22.5 Å². The van der Waals surface area contributed by atoms with E-state index in [9.17, 15) is 4.79 Å². The summed E-state index contributed by atoms with van der Waals surface area (Å²) in [5.74, 6) is 0.630. The highest BCUT2D eigenvalue weighted by Gasteiger charge is 2.32. The Bertz CT molecular complexity index is 1480. The molecule has 7 heteroatoms. The standard InChI is InChI=1S/C25H16BrN5O/c26-21-12-14(8-11-28-21)25(32)31-23-16-5-2-1-4-15(16)22-17(23)6-3-7-18(22)24-29-19-9-10-27-13-20(19)30-24/h1-13,23H,(H,29,30)(H,31,32). The topological polar surface area (TPSA) is 83.6 Å². The van der Waals surface area contributed by atoms with Crippen molar-refractivity contribution in [2.24, 2.45) is 0 Å². The number of carbonyl (C=O) groups excluding carboxylic acids is 1. The van der Waals surface area contributed by atoms with Gasteiger partial charge in [0.2, 0.25) is 0 Å². The minimum absolute atomic E-state index is 0.152. The molecule has 0 fully saturated rings. The van der Waals surface area contributed by atoms with Crippen molar-refractivity contribution >= 4 is 32.9 Å². The Morgan fingerprint density at radius 2 is 1.81 bits per heavy atom. The van der Waals surface area contributed by atoms with Gasteiger partial charge < -0.3 is 10.3 Å². The second-order valence-electron chi connectivity index (χ2n) is 7.61. The first-order valence-electron chi connectivity index (χ1n) is 10.1. The van der Waals surface area contributed by atoms with Crippen LogP contribution < -0.4 is 5.32 Å². The molecule has 0 saturated carbocycles. The molecule has 6 nitrogen and oxygen atoms in total. The van der Waals surface area contributed by atoms with Crippen LogP contribution in [-0.2, 0) is 0 Å². The molecule has 2 N–H and O–H groups in total. The van der Waals surface area contributed by atoms with Gasteiger partial charge in [-0.2, -0.15) is 0 Å². The first-order chi connectivity index (χ1) is 15.7. The number of hydrogen-bond donors (Lipinski definition) is 2. The molecule has 5 aromatic rings. The molecule has 0 radical (unpaired) electrons. The number of halogens is 1. The summed E-state index contributed by atoms with van der Waals surface area (Å²) < 4.78 is 0.624. The lowest BCUT2D eigenvalue weighted by Gasteiger charge is -2.16. The van der Waals surface area contributed by atoms with E-state index in [2.05, 4.69) is 60.5 Å². The summed E-state index contributed by atoms with van der Waals surface area (Å²) in [6, 6.07) is 19.4. The molecule has 1 aliphatic carbocycles. The van der Waals surface area contributed by atoms with Gasteiger partial charge in [0, 0.05) is 23.5 Å². The zero-order valence-electron chi connectivity index (χ0n) is 16.7. The van der Waals surface area contributed by atoms with Crippen molar-refractivity contribution in [3.05, 3.63) is 101 Å². The lowest BCUT2D eigenvalue weighted by molar-refractivity contribution is 0.0943. The lowest BCUT2D eigenvalue weighted by Crippen LogP contribution is -2.28. The SMILES string of the molecule is O=C(NC1c2ccccc2-c2c(-c3nc4ccncc4[nH]3)cccc21)c1ccnc(Br)c1. The molecule has 32 heavy (non-hydrogen) atoms. The van der Waals surface area contributed by atoms with Crippen molar-refractivity contribution in [2.75, 3.05) is 0 Å². The molecule has 0 saturated heterocycles. The predicted octanol–water partition coefficient (Wildman–Crippen LogP) is 5.28. The molecule has 0 aliphatic heterocycles. The molecule has 3 aromatic heterocycles. The number of rotatable bonds is 3. The van der Waals surface area contributed by atoms with Gasteiger partial charge in [0.05, 0.1) is 23.3 Å². The van der Waals surface area contributed by atoms with Crippen LogP contribution in [0, 0.1) is 0 Å². The molecule has 6 rings (SSSR count). The smallest absolute Gasteiger partial charge is 0.252 e. The number of H-pyrrole nitrogens is 1. The largest absolute Gasteiger partial charge is 0.341 e. The van der Waals surface area contributed by atoms with E-state index in [0.29, 0.717) is 10.2 Å². The Morgan fingerprint density at radius 1 is 0.969 bits per heavy atom. The average Bonchev–Trinajstić information content (AvgIpc) is 3.39. The van der Waals surface area contributed by atoms with Gasteiger partial charge in [0.25, 0.3) is 5.91 Å². The summed E-state index contributed by atoms with van der Waals surface area (Å²) in [4.78, 5) is 29.5. The van der Waals surface area contributed by atoms with Gasteiger partial charge in [-0.25, -0.2) is 9.97 Å². The number of amides is 1. The maximum absolute atomic E-state index is 13.1. The average molecular weight is 482 g/mol. The molecule has 0 spiro atoms. The number of hydrogen-bond acceptors (Lipinski definition) is 4. The summed E-state index contributed by atoms with van der Waals surface area (Å²) in [6.45, 7) is 0. The zero-order chi connectivity index (χ0) is 21.7. The van der Waals surface area contributed by atoms with E-state index >= 15 is 0 Å². The number of imidazole rings is 1. The fourth-order valence-corrected chi connectivity index (χ4v) is 4.72. The van der Waals surface area contributed by atoms with Gasteiger partial charge in [0.15, 0.2) is 0 Å². The van der Waals surface area contributed by atoms with Crippen LogP contribution in [-0.4, -0.2) is 25.8 Å². The Kier molecular flexibility index (Phi) is 4.36. The third kappa shape index (κ3) is 3.01. The molecule has 1 aliphatic rings. The van der Waals surface area contributed by atoms with Crippen LogP contribution in [0.5, 0.6) is 0 Å². The van der Waals surface area contributed by atoms with Crippen LogP contribution >= 0.6 is 15.9 Å². The van der Waals surface area contributed by atoms with Crippen molar-refractivity contribution < 1.29 is 4.79 Å². The Balaban J connectivity index is 1.48. The second-order valence-corrected chi connectivity index (χ2v) is 8.42. The van der Waals surface area contributed by atoms with Gasteiger partial charge in [-0.05, 0) is 56.4 Å². The van der Waals surface area contributed by atoms with Crippen LogP contribution in [0.3, 0.4) is 0 Å². The molecule has 154 valence electrons. The molecular formula is C25H16BrN5O. The first-order valence-corrected chi connectivity index (χ1v) is 10.9. The minimum atomic E-state index is -0.258. The molecular weight excluding hydrogens is 466 g/mol. The third-order valence-corrected chi connectivity index (χ3v) is 6.19. The summed E-state index contributed by atoms with van der Waals surface area (Å²) in [5, 5.41) is 3.21. The summed E-state index contributed by atoms with van der Waals surface area (Å²) in [5.41, 5.74) is 7.59. The zero-order valence-corrected chi connectivity index (χ0v) is 18.3. The van der Waals surface area contributed by atoms with Crippen molar-refractivity contribution in [1.82, 2.24) is 25.3 Å². The van der Waals surface area contributed by atoms with Crippen LogP contribution in [0.4, 0.5) is 0 Å². The number of aromatic amines is 1. The Hall–Kier alpha value is -3.84. The van der Waals surface area contributed by atoms with Crippen LogP contribution in [0.25, 0.3) is 33.5 Å². The van der Waals surface area contributed by atoms with Crippen molar-refractivity contribution in [3.63, 3.8) is 0 Å². The van der Waals surface area contributed by atoms with Crippen molar-refractivity contribution in [2.45, 2.75) is 6.04 Å². The van der Waals surface area contributed by atoms with E-state index < -0.39 is 0 Å². The molecule has 2 aromatic carbocycles. The molecule has 1 amide bonds. The number of fused-ring (bicyclic) bond motifs is 4. The highest BCUT2D eigenvalue weighted by Crippen LogP contribution is 2.47. The predicted molar refractivity (Wildman–Crippen MR) is 126 cm³/mol. The third-order valence-electron chi connectivity index (χ3n) is 5.75. The number of pyridine rings is 2. The van der Waals surface area contributed by atoms with Crippen LogP contribution in [0.2, 0.25) is 0 Å². The number of benzene rings is 2. The second kappa shape index (κ2) is 7.39. The minimum Gasteiger partial charge on any atom is -0.341 e. The van der Waals surface area contributed by atoms with Crippen molar-refractivity contribution in [1.29, 1.82) is 0 Å². The van der Waals surface area contributed by atoms with E-state index in [0.717, 1.165) is 44.7 Å². The fraction of sp³-hybridized carbons (Fsp3) is 0.0400. The normalized spacial score (nSPS) is 14.2. The van der Waals surface area contributed by atoms with Gasteiger partial charge in [-0.1, -0.05) is 42.5 Å². The lowest BCUT2D eigenvalue weighted by atomic mass is 9.98. The van der Waals surface area contributed by atoms with E-state index in [1.165, 1.54) is 0 Å². The van der Waals surface area contributed by atoms with E-state index in [4.69, 9.17) is 4.98 Å². The van der Waals surface area contributed by atoms with Crippen LogP contribution in [0.1, 0.15) is 27.5 Å². The van der Waals surface area contributed by atoms with E-state index in [1.807, 2.05) is 24.3 Å².